The zero-order valence-corrected chi connectivity index (χ0v) is 13.8. The van der Waals surface area contributed by atoms with Crippen LogP contribution in [0.5, 0.6) is 0 Å². The van der Waals surface area contributed by atoms with Crippen molar-refractivity contribution in [3.8, 4) is 0 Å². The van der Waals surface area contributed by atoms with E-state index in [-0.39, 0.29) is 6.04 Å². The van der Waals surface area contributed by atoms with Gasteiger partial charge in [0.25, 0.3) is 0 Å². The summed E-state index contributed by atoms with van der Waals surface area (Å²) in [5.74, 6) is 1.18. The highest BCUT2D eigenvalue weighted by atomic mass is 32.1. The molecule has 1 aliphatic rings. The third-order valence-corrected chi connectivity index (χ3v) is 5.26. The summed E-state index contributed by atoms with van der Waals surface area (Å²) in [6.07, 6.45) is 4.06. The van der Waals surface area contributed by atoms with Gasteiger partial charge in [0.15, 0.2) is 0 Å². The second-order valence-corrected chi connectivity index (χ2v) is 6.98. The zero-order chi connectivity index (χ0) is 14.8. The molecule has 0 saturated heterocycles. The summed E-state index contributed by atoms with van der Waals surface area (Å²) in [7, 11) is 2.02. The Kier molecular flexibility index (Phi) is 4.36. The first-order valence-corrected chi connectivity index (χ1v) is 8.57. The van der Waals surface area contributed by atoms with Crippen LogP contribution in [0.3, 0.4) is 0 Å². The van der Waals surface area contributed by atoms with Crippen molar-refractivity contribution >= 4 is 11.5 Å². The molecule has 1 fully saturated rings. The standard InChI is InChI=1S/C17H23N3S/c1-11(2)15-17(21-20-19-15)16(18-3)14-9-5-8-13(10-14)12-6-4-7-12/h5,8-12,16,18H,4,6-7H2,1-3H3. The van der Waals surface area contributed by atoms with Crippen LogP contribution >= 0.6 is 11.5 Å². The van der Waals surface area contributed by atoms with Gasteiger partial charge >= 0.3 is 0 Å². The fourth-order valence-corrected chi connectivity index (χ4v) is 3.93. The minimum absolute atomic E-state index is 0.197. The van der Waals surface area contributed by atoms with Crippen LogP contribution in [0.25, 0.3) is 0 Å². The number of nitrogens with zero attached hydrogens (tertiary/aromatic N) is 2. The molecule has 0 radical (unpaired) electrons. The maximum Gasteiger partial charge on any atom is 0.0832 e. The van der Waals surface area contributed by atoms with Crippen molar-refractivity contribution in [1.29, 1.82) is 0 Å². The molecule has 1 aliphatic carbocycles. The Bertz CT molecular complexity index is 602. The Balaban J connectivity index is 1.94. The predicted octanol–water partition coefficient (Wildman–Crippen LogP) is 4.24. The van der Waals surface area contributed by atoms with Crippen molar-refractivity contribution in [3.05, 3.63) is 46.0 Å². The number of aromatic nitrogens is 2. The van der Waals surface area contributed by atoms with Crippen molar-refractivity contribution in [2.75, 3.05) is 7.05 Å². The van der Waals surface area contributed by atoms with E-state index in [2.05, 4.69) is 53.0 Å². The van der Waals surface area contributed by atoms with Crippen molar-refractivity contribution in [2.45, 2.75) is 51.0 Å². The van der Waals surface area contributed by atoms with Gasteiger partial charge in [-0.05, 0) is 54.4 Å². The molecule has 1 atom stereocenters. The van der Waals surface area contributed by atoms with Gasteiger partial charge in [0.2, 0.25) is 0 Å². The van der Waals surface area contributed by atoms with Gasteiger partial charge in [-0.1, -0.05) is 49.0 Å². The van der Waals surface area contributed by atoms with Gasteiger partial charge in [-0.15, -0.1) is 5.10 Å². The van der Waals surface area contributed by atoms with E-state index in [4.69, 9.17) is 0 Å². The average Bonchev–Trinajstić information content (AvgIpc) is 2.87. The molecule has 1 heterocycles. The van der Waals surface area contributed by atoms with Crippen molar-refractivity contribution in [3.63, 3.8) is 0 Å². The Morgan fingerprint density at radius 2 is 2.10 bits per heavy atom. The molecular weight excluding hydrogens is 278 g/mol. The average molecular weight is 301 g/mol. The van der Waals surface area contributed by atoms with Crippen molar-refractivity contribution < 1.29 is 0 Å². The number of benzene rings is 1. The quantitative estimate of drug-likeness (QED) is 0.897. The lowest BCUT2D eigenvalue weighted by atomic mass is 9.79. The first-order valence-electron chi connectivity index (χ1n) is 7.80. The molecule has 21 heavy (non-hydrogen) atoms. The predicted molar refractivity (Wildman–Crippen MR) is 87.9 cm³/mol. The minimum Gasteiger partial charge on any atom is -0.309 e. The summed E-state index contributed by atoms with van der Waals surface area (Å²) in [5.41, 5.74) is 3.94. The van der Waals surface area contributed by atoms with Gasteiger partial charge in [-0.3, -0.25) is 0 Å². The molecule has 1 aromatic carbocycles. The normalized spacial score (nSPS) is 17.0. The molecule has 0 amide bonds. The van der Waals surface area contributed by atoms with E-state index < -0.39 is 0 Å². The SMILES string of the molecule is CNC(c1cccc(C2CCC2)c1)c1snnc1C(C)C. The van der Waals surface area contributed by atoms with Crippen LogP contribution < -0.4 is 5.32 Å². The van der Waals surface area contributed by atoms with Gasteiger partial charge in [0.1, 0.15) is 0 Å². The lowest BCUT2D eigenvalue weighted by Gasteiger charge is -2.27. The minimum atomic E-state index is 0.197. The van der Waals surface area contributed by atoms with E-state index in [1.165, 1.54) is 46.8 Å². The molecule has 0 spiro atoms. The molecule has 4 heteroatoms. The third-order valence-electron chi connectivity index (χ3n) is 4.46. The van der Waals surface area contributed by atoms with E-state index in [1.807, 2.05) is 7.05 Å². The second kappa shape index (κ2) is 6.24. The maximum absolute atomic E-state index is 4.32. The van der Waals surface area contributed by atoms with Gasteiger partial charge in [0, 0.05) is 0 Å². The van der Waals surface area contributed by atoms with Gasteiger partial charge in [0.05, 0.1) is 16.6 Å². The van der Waals surface area contributed by atoms with Crippen LogP contribution in [0.15, 0.2) is 24.3 Å². The summed E-state index contributed by atoms with van der Waals surface area (Å²) >= 11 is 1.52. The van der Waals surface area contributed by atoms with Crippen LogP contribution in [0.1, 0.15) is 72.7 Å². The third kappa shape index (κ3) is 2.87. The molecule has 1 N–H and O–H groups in total. The Morgan fingerprint density at radius 3 is 2.71 bits per heavy atom. The van der Waals surface area contributed by atoms with Crippen molar-refractivity contribution in [1.82, 2.24) is 14.9 Å². The van der Waals surface area contributed by atoms with Crippen molar-refractivity contribution in [2.24, 2.45) is 0 Å². The van der Waals surface area contributed by atoms with Crippen LogP contribution in [0, 0.1) is 0 Å². The van der Waals surface area contributed by atoms with Gasteiger partial charge < -0.3 is 5.32 Å². The van der Waals surface area contributed by atoms with E-state index >= 15 is 0 Å². The molecule has 3 nitrogen and oxygen atoms in total. The maximum atomic E-state index is 4.32. The first kappa shape index (κ1) is 14.7. The highest BCUT2D eigenvalue weighted by Crippen LogP contribution is 2.38. The summed E-state index contributed by atoms with van der Waals surface area (Å²) in [6, 6.07) is 9.25. The molecule has 1 aromatic heterocycles. The lowest BCUT2D eigenvalue weighted by Crippen LogP contribution is -2.19. The fraction of sp³-hybridized carbons (Fsp3) is 0.529. The summed E-state index contributed by atoms with van der Waals surface area (Å²) in [4.78, 5) is 1.25. The Labute approximate surface area is 131 Å². The largest absolute Gasteiger partial charge is 0.309 e. The smallest absolute Gasteiger partial charge is 0.0832 e. The van der Waals surface area contributed by atoms with Gasteiger partial charge in [-0.2, -0.15) is 0 Å². The van der Waals surface area contributed by atoms with Crippen LogP contribution in [0.4, 0.5) is 0 Å². The molecule has 3 rings (SSSR count). The molecule has 0 aliphatic heterocycles. The monoisotopic (exact) mass is 301 g/mol. The zero-order valence-electron chi connectivity index (χ0n) is 13.0. The topological polar surface area (TPSA) is 37.8 Å². The van der Waals surface area contributed by atoms with E-state index in [1.54, 1.807) is 0 Å². The van der Waals surface area contributed by atoms with E-state index in [0.29, 0.717) is 5.92 Å². The first-order chi connectivity index (χ1) is 10.2. The highest BCUT2D eigenvalue weighted by Gasteiger charge is 2.24. The Hall–Kier alpha value is -1.26. The number of rotatable bonds is 5. The summed E-state index contributed by atoms with van der Waals surface area (Å²) in [6.45, 7) is 4.36. The van der Waals surface area contributed by atoms with Crippen LogP contribution in [-0.4, -0.2) is 16.6 Å². The molecular formula is C17H23N3S. The Morgan fingerprint density at radius 1 is 1.29 bits per heavy atom. The number of nitrogens with one attached hydrogen (secondary N) is 1. The lowest BCUT2D eigenvalue weighted by molar-refractivity contribution is 0.419. The molecule has 0 bridgehead atoms. The van der Waals surface area contributed by atoms with E-state index in [0.717, 1.165) is 11.6 Å². The fourth-order valence-electron chi connectivity index (χ4n) is 2.99. The summed E-state index contributed by atoms with van der Waals surface area (Å²) < 4.78 is 4.17. The van der Waals surface area contributed by atoms with E-state index in [9.17, 15) is 0 Å². The number of hydrogen-bond acceptors (Lipinski definition) is 4. The van der Waals surface area contributed by atoms with Gasteiger partial charge in [-0.25, -0.2) is 0 Å². The highest BCUT2D eigenvalue weighted by molar-refractivity contribution is 7.05. The summed E-state index contributed by atoms with van der Waals surface area (Å²) in [5, 5.41) is 7.77. The van der Waals surface area contributed by atoms with Crippen LogP contribution in [0.2, 0.25) is 0 Å². The molecule has 2 aromatic rings. The van der Waals surface area contributed by atoms with Crippen LogP contribution in [-0.2, 0) is 0 Å². The molecule has 1 saturated carbocycles. The number of hydrogen-bond donors (Lipinski definition) is 1. The second-order valence-electron chi connectivity index (χ2n) is 6.20. The molecule has 1 unspecified atom stereocenters. The molecule has 112 valence electrons.